The van der Waals surface area contributed by atoms with E-state index in [4.69, 9.17) is 4.98 Å². The summed E-state index contributed by atoms with van der Waals surface area (Å²) in [4.78, 5) is 20.1. The zero-order chi connectivity index (χ0) is 21.1. The number of hydrogen-bond donors (Lipinski definition) is 1. The van der Waals surface area contributed by atoms with Gasteiger partial charge in [0.05, 0.1) is 16.1 Å². The first kappa shape index (κ1) is 20.9. The van der Waals surface area contributed by atoms with Gasteiger partial charge in [0.25, 0.3) is 0 Å². The molecule has 1 saturated heterocycles. The zero-order valence-corrected chi connectivity index (χ0v) is 19.0. The number of nitrogens with zero attached hydrogens (tertiary/aromatic N) is 2. The summed E-state index contributed by atoms with van der Waals surface area (Å²) in [6, 6.07) is 15.1. The fraction of sp³-hybridized carbons (Fsp3) is 0.440. The molecule has 4 rings (SSSR count). The molecule has 2 atom stereocenters. The summed E-state index contributed by atoms with van der Waals surface area (Å²) in [6.45, 7) is 8.11. The van der Waals surface area contributed by atoms with Crippen LogP contribution in [-0.2, 0) is 11.2 Å². The lowest BCUT2D eigenvalue weighted by molar-refractivity contribution is -0.125. The number of benzene rings is 2. The summed E-state index contributed by atoms with van der Waals surface area (Å²) in [7, 11) is 0. The summed E-state index contributed by atoms with van der Waals surface area (Å²) in [5, 5.41) is 4.30. The number of carbonyl (C=O) groups excluding carboxylic acids is 1. The molecule has 1 aliphatic heterocycles. The molecule has 158 valence electrons. The van der Waals surface area contributed by atoms with Gasteiger partial charge in [0.2, 0.25) is 5.91 Å². The molecule has 3 aromatic rings. The molecule has 0 aliphatic carbocycles. The van der Waals surface area contributed by atoms with Crippen LogP contribution in [0.5, 0.6) is 0 Å². The predicted octanol–water partition coefficient (Wildman–Crippen LogP) is 5.27. The second-order valence-electron chi connectivity index (χ2n) is 8.64. The third-order valence-corrected chi connectivity index (χ3v) is 7.04. The van der Waals surface area contributed by atoms with Gasteiger partial charge in [-0.25, -0.2) is 4.98 Å². The zero-order valence-electron chi connectivity index (χ0n) is 18.1. The highest BCUT2D eigenvalue weighted by molar-refractivity contribution is 7.22. The maximum absolute atomic E-state index is 12.9. The first-order chi connectivity index (χ1) is 14.5. The number of aromatic nitrogens is 1. The maximum Gasteiger partial charge on any atom is 0.225 e. The summed E-state index contributed by atoms with van der Waals surface area (Å²) in [5.41, 5.74) is 4.92. The lowest BCUT2D eigenvalue weighted by Crippen LogP contribution is -2.45. The number of rotatable bonds is 6. The monoisotopic (exact) mass is 421 g/mol. The number of hydrogen-bond acceptors (Lipinski definition) is 4. The van der Waals surface area contributed by atoms with Crippen molar-refractivity contribution in [1.82, 2.24) is 10.3 Å². The van der Waals surface area contributed by atoms with Crippen molar-refractivity contribution in [1.29, 1.82) is 0 Å². The van der Waals surface area contributed by atoms with E-state index in [1.807, 2.05) is 6.07 Å². The van der Waals surface area contributed by atoms with Gasteiger partial charge in [0, 0.05) is 19.1 Å². The molecule has 5 heteroatoms. The largest absolute Gasteiger partial charge is 0.353 e. The Morgan fingerprint density at radius 3 is 2.87 bits per heavy atom. The van der Waals surface area contributed by atoms with Crippen LogP contribution in [0.1, 0.15) is 42.9 Å². The van der Waals surface area contributed by atoms with E-state index in [0.29, 0.717) is 0 Å². The summed E-state index contributed by atoms with van der Waals surface area (Å²) < 4.78 is 1.24. The quantitative estimate of drug-likeness (QED) is 0.590. The molecule has 1 N–H and O–H groups in total. The van der Waals surface area contributed by atoms with Crippen molar-refractivity contribution in [3.8, 4) is 0 Å². The number of nitrogens with one attached hydrogen (secondary N) is 1. The Bertz CT molecular complexity index is 1010. The lowest BCUT2D eigenvalue weighted by Gasteiger charge is -2.32. The van der Waals surface area contributed by atoms with Crippen molar-refractivity contribution in [3.05, 3.63) is 59.2 Å². The Morgan fingerprint density at radius 1 is 1.27 bits per heavy atom. The smallest absolute Gasteiger partial charge is 0.225 e. The molecule has 1 aliphatic rings. The Kier molecular flexibility index (Phi) is 6.38. The van der Waals surface area contributed by atoms with Crippen LogP contribution in [0.4, 0.5) is 5.13 Å². The lowest BCUT2D eigenvalue weighted by atomic mass is 9.96. The molecule has 1 amide bonds. The van der Waals surface area contributed by atoms with Crippen LogP contribution in [0.25, 0.3) is 10.2 Å². The highest BCUT2D eigenvalue weighted by atomic mass is 32.1. The summed E-state index contributed by atoms with van der Waals surface area (Å²) >= 11 is 1.75. The van der Waals surface area contributed by atoms with Crippen molar-refractivity contribution in [2.45, 2.75) is 52.5 Å². The number of thiazole rings is 1. The third-order valence-electron chi connectivity index (χ3n) is 5.98. The van der Waals surface area contributed by atoms with E-state index in [2.05, 4.69) is 67.4 Å². The molecule has 4 nitrogen and oxygen atoms in total. The highest BCUT2D eigenvalue weighted by Gasteiger charge is 2.28. The van der Waals surface area contributed by atoms with Crippen molar-refractivity contribution in [2.24, 2.45) is 5.92 Å². The normalized spacial score (nSPS) is 17.8. The van der Waals surface area contributed by atoms with Crippen LogP contribution in [0.2, 0.25) is 0 Å². The molecule has 1 fully saturated rings. The van der Waals surface area contributed by atoms with Gasteiger partial charge in [-0.15, -0.1) is 0 Å². The van der Waals surface area contributed by atoms with Crippen molar-refractivity contribution < 1.29 is 4.79 Å². The van der Waals surface area contributed by atoms with Gasteiger partial charge in [-0.3, -0.25) is 4.79 Å². The molecular formula is C25H31N3OS. The van der Waals surface area contributed by atoms with E-state index in [0.717, 1.165) is 49.4 Å². The number of aryl methyl sites for hydroxylation is 3. The maximum atomic E-state index is 12.9. The molecule has 2 aromatic carbocycles. The average molecular weight is 422 g/mol. The number of piperidine rings is 1. The minimum atomic E-state index is 0.0350. The minimum Gasteiger partial charge on any atom is -0.353 e. The van der Waals surface area contributed by atoms with E-state index in [9.17, 15) is 4.79 Å². The van der Waals surface area contributed by atoms with Gasteiger partial charge < -0.3 is 10.2 Å². The molecular weight excluding hydrogens is 390 g/mol. The Labute approximate surface area is 183 Å². The molecule has 0 bridgehead atoms. The van der Waals surface area contributed by atoms with Gasteiger partial charge >= 0.3 is 0 Å². The fourth-order valence-corrected chi connectivity index (χ4v) is 5.50. The number of fused-ring (bicyclic) bond motifs is 1. The van der Waals surface area contributed by atoms with E-state index in [-0.39, 0.29) is 17.9 Å². The molecule has 0 spiro atoms. The van der Waals surface area contributed by atoms with Crippen LogP contribution in [0.3, 0.4) is 0 Å². The first-order valence-electron chi connectivity index (χ1n) is 11.0. The Morgan fingerprint density at radius 2 is 2.07 bits per heavy atom. The van der Waals surface area contributed by atoms with Crippen LogP contribution in [0.15, 0.2) is 42.5 Å². The first-order valence-corrected chi connectivity index (χ1v) is 11.8. The van der Waals surface area contributed by atoms with Crippen molar-refractivity contribution in [2.75, 3.05) is 18.0 Å². The SMILES string of the molecule is Cc1cc(C)c2nc(N3CCC[C@H](C(=O)N[C@H](C)CCc4ccccc4)C3)sc2c1. The fourth-order valence-electron chi connectivity index (χ4n) is 4.32. The highest BCUT2D eigenvalue weighted by Crippen LogP contribution is 2.33. The van der Waals surface area contributed by atoms with Crippen LogP contribution >= 0.6 is 11.3 Å². The van der Waals surface area contributed by atoms with Crippen molar-refractivity contribution in [3.63, 3.8) is 0 Å². The van der Waals surface area contributed by atoms with E-state index < -0.39 is 0 Å². The molecule has 2 heterocycles. The Balaban J connectivity index is 1.36. The number of carbonyl (C=O) groups is 1. The van der Waals surface area contributed by atoms with Gasteiger partial charge in [0.15, 0.2) is 5.13 Å². The summed E-state index contributed by atoms with van der Waals surface area (Å²) in [5.74, 6) is 0.223. The second kappa shape index (κ2) is 9.17. The van der Waals surface area contributed by atoms with E-state index >= 15 is 0 Å². The van der Waals surface area contributed by atoms with Gasteiger partial charge in [-0.2, -0.15) is 0 Å². The molecule has 1 aromatic heterocycles. The topological polar surface area (TPSA) is 45.2 Å². The standard InChI is InChI=1S/C25H31N3OS/c1-17-14-18(2)23-22(15-17)30-25(27-23)28-13-7-10-21(16-28)24(29)26-19(3)11-12-20-8-5-4-6-9-20/h4-6,8-9,14-15,19,21H,7,10-13,16H2,1-3H3,(H,26,29)/t19-,21+/m1/s1. The van der Waals surface area contributed by atoms with Gasteiger partial charge in [0.1, 0.15) is 0 Å². The van der Waals surface area contributed by atoms with Crippen molar-refractivity contribution >= 4 is 32.6 Å². The van der Waals surface area contributed by atoms with E-state index in [1.54, 1.807) is 11.3 Å². The molecule has 30 heavy (non-hydrogen) atoms. The summed E-state index contributed by atoms with van der Waals surface area (Å²) in [6.07, 6.45) is 3.94. The number of amides is 1. The van der Waals surface area contributed by atoms with Crippen LogP contribution < -0.4 is 10.2 Å². The average Bonchev–Trinajstić information content (AvgIpc) is 3.17. The molecule has 0 radical (unpaired) electrons. The predicted molar refractivity (Wildman–Crippen MR) is 126 cm³/mol. The third kappa shape index (κ3) is 4.84. The minimum absolute atomic E-state index is 0.0350. The Hall–Kier alpha value is -2.40. The molecule has 0 unspecified atom stereocenters. The molecule has 0 saturated carbocycles. The number of anilines is 1. The van der Waals surface area contributed by atoms with Gasteiger partial charge in [-0.1, -0.05) is 47.7 Å². The van der Waals surface area contributed by atoms with Crippen LogP contribution in [0, 0.1) is 19.8 Å². The van der Waals surface area contributed by atoms with E-state index in [1.165, 1.54) is 21.4 Å². The van der Waals surface area contributed by atoms with Gasteiger partial charge in [-0.05, 0) is 69.2 Å². The second-order valence-corrected chi connectivity index (χ2v) is 9.65. The van der Waals surface area contributed by atoms with Crippen LogP contribution in [-0.4, -0.2) is 30.0 Å².